The molecule has 0 amide bonds. The molecule has 0 heterocycles. The summed E-state index contributed by atoms with van der Waals surface area (Å²) in [5.74, 6) is -0.0195. The molecule has 1 aromatic carbocycles. The van der Waals surface area contributed by atoms with Crippen molar-refractivity contribution in [3.8, 4) is 6.07 Å². The second-order valence-corrected chi connectivity index (χ2v) is 3.76. The van der Waals surface area contributed by atoms with Crippen molar-refractivity contribution in [3.63, 3.8) is 0 Å². The SMILES string of the molecule is CCN(CC)C(N)=NCc1ccc(C#N)cc1F. The molecule has 0 atom stereocenters. The van der Waals surface area contributed by atoms with E-state index in [1.165, 1.54) is 6.07 Å². The van der Waals surface area contributed by atoms with Crippen LogP contribution in [0.1, 0.15) is 25.0 Å². The molecule has 0 aliphatic carbocycles. The minimum absolute atomic E-state index is 0.180. The lowest BCUT2D eigenvalue weighted by atomic mass is 10.1. The van der Waals surface area contributed by atoms with E-state index in [2.05, 4.69) is 4.99 Å². The van der Waals surface area contributed by atoms with Gasteiger partial charge < -0.3 is 10.6 Å². The Balaban J connectivity index is 2.80. The summed E-state index contributed by atoms with van der Waals surface area (Å²) in [5, 5.41) is 8.64. The Morgan fingerprint density at radius 2 is 2.11 bits per heavy atom. The standard InChI is InChI=1S/C13H17FN4/c1-3-18(4-2)13(16)17-9-11-6-5-10(8-15)7-12(11)14/h5-7H,3-4,9H2,1-2H3,(H2,16,17). The number of aliphatic imine (C=N–C) groups is 1. The molecule has 0 unspecified atom stereocenters. The summed E-state index contributed by atoms with van der Waals surface area (Å²) in [6.45, 7) is 5.67. The average Bonchev–Trinajstić information content (AvgIpc) is 2.38. The molecule has 0 aliphatic heterocycles. The predicted octanol–water partition coefficient (Wildman–Crippen LogP) is 1.85. The zero-order chi connectivity index (χ0) is 13.5. The molecule has 0 spiro atoms. The van der Waals surface area contributed by atoms with Gasteiger partial charge in [0.1, 0.15) is 5.82 Å². The Labute approximate surface area is 107 Å². The molecular formula is C13H17FN4. The highest BCUT2D eigenvalue weighted by Gasteiger charge is 2.05. The number of nitrogens with two attached hydrogens (primary N) is 1. The first-order valence-electron chi connectivity index (χ1n) is 5.85. The summed E-state index contributed by atoms with van der Waals surface area (Å²) in [5.41, 5.74) is 6.53. The number of benzene rings is 1. The maximum Gasteiger partial charge on any atom is 0.191 e. The van der Waals surface area contributed by atoms with Crippen molar-refractivity contribution in [1.82, 2.24) is 4.90 Å². The Hall–Kier alpha value is -2.09. The summed E-state index contributed by atoms with van der Waals surface area (Å²) in [7, 11) is 0. The second kappa shape index (κ2) is 6.60. The van der Waals surface area contributed by atoms with E-state index in [0.29, 0.717) is 17.1 Å². The third-order valence-corrected chi connectivity index (χ3v) is 2.68. The molecule has 0 saturated heterocycles. The van der Waals surface area contributed by atoms with Crippen LogP contribution in [-0.4, -0.2) is 23.9 Å². The lowest BCUT2D eigenvalue weighted by Crippen LogP contribution is -2.37. The van der Waals surface area contributed by atoms with Crippen molar-refractivity contribution in [1.29, 1.82) is 5.26 Å². The maximum absolute atomic E-state index is 13.6. The highest BCUT2D eigenvalue weighted by Crippen LogP contribution is 2.11. The molecule has 0 aliphatic rings. The Morgan fingerprint density at radius 1 is 1.44 bits per heavy atom. The molecule has 4 nitrogen and oxygen atoms in total. The molecule has 96 valence electrons. The molecule has 0 radical (unpaired) electrons. The topological polar surface area (TPSA) is 65.4 Å². The van der Waals surface area contributed by atoms with Crippen molar-refractivity contribution < 1.29 is 4.39 Å². The van der Waals surface area contributed by atoms with Gasteiger partial charge in [0.15, 0.2) is 5.96 Å². The smallest absolute Gasteiger partial charge is 0.191 e. The van der Waals surface area contributed by atoms with E-state index in [9.17, 15) is 4.39 Å². The van der Waals surface area contributed by atoms with E-state index in [1.54, 1.807) is 12.1 Å². The molecule has 18 heavy (non-hydrogen) atoms. The lowest BCUT2D eigenvalue weighted by Gasteiger charge is -2.19. The van der Waals surface area contributed by atoms with Crippen LogP contribution < -0.4 is 5.73 Å². The molecule has 0 fully saturated rings. The van der Waals surface area contributed by atoms with Crippen LogP contribution >= 0.6 is 0 Å². The first-order chi connectivity index (χ1) is 8.62. The summed E-state index contributed by atoms with van der Waals surface area (Å²) in [4.78, 5) is 6.04. The summed E-state index contributed by atoms with van der Waals surface area (Å²) < 4.78 is 13.6. The zero-order valence-electron chi connectivity index (χ0n) is 10.7. The monoisotopic (exact) mass is 248 g/mol. The van der Waals surface area contributed by atoms with Gasteiger partial charge in [0.2, 0.25) is 0 Å². The lowest BCUT2D eigenvalue weighted by molar-refractivity contribution is 0.458. The number of halogens is 1. The van der Waals surface area contributed by atoms with Crippen LogP contribution in [0.5, 0.6) is 0 Å². The van der Waals surface area contributed by atoms with Gasteiger partial charge in [0.25, 0.3) is 0 Å². The number of nitrogens with zero attached hydrogens (tertiary/aromatic N) is 3. The number of guanidine groups is 1. The van der Waals surface area contributed by atoms with Gasteiger partial charge in [-0.25, -0.2) is 9.38 Å². The molecule has 0 bridgehead atoms. The van der Waals surface area contributed by atoms with E-state index in [1.807, 2.05) is 24.8 Å². The fourth-order valence-electron chi connectivity index (χ4n) is 1.56. The van der Waals surface area contributed by atoms with Crippen LogP contribution in [0.3, 0.4) is 0 Å². The van der Waals surface area contributed by atoms with Gasteiger partial charge >= 0.3 is 0 Å². The molecule has 5 heteroatoms. The van der Waals surface area contributed by atoms with Crippen LogP contribution in [0.2, 0.25) is 0 Å². The Bertz CT molecular complexity index is 472. The maximum atomic E-state index is 13.6. The number of nitriles is 1. The van der Waals surface area contributed by atoms with E-state index in [0.717, 1.165) is 13.1 Å². The second-order valence-electron chi connectivity index (χ2n) is 3.76. The van der Waals surface area contributed by atoms with Crippen molar-refractivity contribution in [3.05, 3.63) is 35.1 Å². The first kappa shape index (κ1) is 14.0. The highest BCUT2D eigenvalue weighted by molar-refractivity contribution is 5.78. The van der Waals surface area contributed by atoms with E-state index >= 15 is 0 Å². The van der Waals surface area contributed by atoms with Gasteiger partial charge in [0, 0.05) is 18.7 Å². The molecule has 0 saturated carbocycles. The zero-order valence-corrected chi connectivity index (χ0v) is 10.7. The van der Waals surface area contributed by atoms with E-state index in [-0.39, 0.29) is 6.54 Å². The molecular weight excluding hydrogens is 231 g/mol. The third-order valence-electron chi connectivity index (χ3n) is 2.68. The van der Waals surface area contributed by atoms with Crippen LogP contribution in [0, 0.1) is 17.1 Å². The minimum atomic E-state index is -0.426. The van der Waals surface area contributed by atoms with Crippen LogP contribution in [0.25, 0.3) is 0 Å². The van der Waals surface area contributed by atoms with Crippen LogP contribution in [0.15, 0.2) is 23.2 Å². The van der Waals surface area contributed by atoms with E-state index in [4.69, 9.17) is 11.0 Å². The van der Waals surface area contributed by atoms with Gasteiger partial charge in [-0.1, -0.05) is 6.07 Å². The Kier molecular flexibility index (Phi) is 5.12. The molecule has 0 aromatic heterocycles. The van der Waals surface area contributed by atoms with Gasteiger partial charge in [-0.05, 0) is 26.0 Å². The quantitative estimate of drug-likeness (QED) is 0.653. The fourth-order valence-corrected chi connectivity index (χ4v) is 1.56. The summed E-state index contributed by atoms with van der Waals surface area (Å²) in [6.07, 6.45) is 0. The average molecular weight is 248 g/mol. The third kappa shape index (κ3) is 3.45. The molecule has 1 rings (SSSR count). The van der Waals surface area contributed by atoms with Crippen LogP contribution in [-0.2, 0) is 6.54 Å². The van der Waals surface area contributed by atoms with Crippen molar-refractivity contribution in [2.75, 3.05) is 13.1 Å². The van der Waals surface area contributed by atoms with Gasteiger partial charge in [-0.15, -0.1) is 0 Å². The first-order valence-corrected chi connectivity index (χ1v) is 5.85. The minimum Gasteiger partial charge on any atom is -0.370 e. The number of hydrogen-bond donors (Lipinski definition) is 1. The van der Waals surface area contributed by atoms with Crippen molar-refractivity contribution >= 4 is 5.96 Å². The number of rotatable bonds is 4. The summed E-state index contributed by atoms with van der Waals surface area (Å²) >= 11 is 0. The molecule has 1 aromatic rings. The molecule has 2 N–H and O–H groups in total. The van der Waals surface area contributed by atoms with Gasteiger partial charge in [-0.2, -0.15) is 5.26 Å². The number of hydrogen-bond acceptors (Lipinski definition) is 2. The summed E-state index contributed by atoms with van der Waals surface area (Å²) in [6, 6.07) is 6.23. The van der Waals surface area contributed by atoms with E-state index < -0.39 is 5.82 Å². The normalized spacial score (nSPS) is 11.1. The van der Waals surface area contributed by atoms with Gasteiger partial charge in [-0.3, -0.25) is 0 Å². The predicted molar refractivity (Wildman–Crippen MR) is 69.4 cm³/mol. The van der Waals surface area contributed by atoms with Crippen molar-refractivity contribution in [2.45, 2.75) is 20.4 Å². The highest BCUT2D eigenvalue weighted by atomic mass is 19.1. The Morgan fingerprint density at radius 3 is 2.61 bits per heavy atom. The fraction of sp³-hybridized carbons (Fsp3) is 0.385. The largest absolute Gasteiger partial charge is 0.370 e. The van der Waals surface area contributed by atoms with Crippen LogP contribution in [0.4, 0.5) is 4.39 Å². The van der Waals surface area contributed by atoms with Crippen molar-refractivity contribution in [2.24, 2.45) is 10.7 Å². The van der Waals surface area contributed by atoms with Gasteiger partial charge in [0.05, 0.1) is 18.2 Å².